The van der Waals surface area contributed by atoms with Gasteiger partial charge in [-0.1, -0.05) is 19.1 Å². The highest BCUT2D eigenvalue weighted by Gasteiger charge is 2.20. The first-order valence-electron chi connectivity index (χ1n) is 7.51. The Kier molecular flexibility index (Phi) is 4.00. The van der Waals surface area contributed by atoms with Crippen molar-refractivity contribution in [3.05, 3.63) is 42.5 Å². The van der Waals surface area contributed by atoms with Crippen molar-refractivity contribution in [3.63, 3.8) is 0 Å². The van der Waals surface area contributed by atoms with E-state index in [0.717, 1.165) is 41.4 Å². The molecule has 0 atom stereocenters. The van der Waals surface area contributed by atoms with E-state index in [1.165, 1.54) is 5.52 Å². The van der Waals surface area contributed by atoms with Crippen LogP contribution in [0.15, 0.2) is 42.5 Å². The molecule has 0 saturated carbocycles. The average molecular weight is 297 g/mol. The van der Waals surface area contributed by atoms with Gasteiger partial charge in [-0.05, 0) is 36.8 Å². The molecular formula is C18H21N2O2+. The summed E-state index contributed by atoms with van der Waals surface area (Å²) in [4.78, 5) is 3.52. The molecule has 114 valence electrons. The van der Waals surface area contributed by atoms with Gasteiger partial charge in [0, 0.05) is 0 Å². The number of methoxy groups -OCH3 is 2. The Bertz CT molecular complexity index is 793. The van der Waals surface area contributed by atoms with Crippen LogP contribution in [-0.4, -0.2) is 19.2 Å². The quantitative estimate of drug-likeness (QED) is 0.731. The highest BCUT2D eigenvalue weighted by Crippen LogP contribution is 2.31. The molecule has 1 N–H and O–H groups in total. The first-order valence-corrected chi connectivity index (χ1v) is 7.51. The van der Waals surface area contributed by atoms with Crippen molar-refractivity contribution in [3.8, 4) is 22.9 Å². The van der Waals surface area contributed by atoms with Gasteiger partial charge in [0.05, 0.1) is 26.3 Å². The maximum Gasteiger partial charge on any atom is 0.287 e. The molecule has 0 saturated heterocycles. The number of hydrogen-bond donors (Lipinski definition) is 1. The molecule has 3 rings (SSSR count). The molecule has 0 aliphatic heterocycles. The number of imidazole rings is 1. The number of hydrogen-bond acceptors (Lipinski definition) is 2. The van der Waals surface area contributed by atoms with Gasteiger partial charge in [0.25, 0.3) is 5.82 Å². The second-order valence-corrected chi connectivity index (χ2v) is 5.21. The lowest BCUT2D eigenvalue weighted by Crippen LogP contribution is -2.34. The predicted octanol–water partition coefficient (Wildman–Crippen LogP) is 3.55. The largest absolute Gasteiger partial charge is 0.493 e. The number of rotatable bonds is 5. The summed E-state index contributed by atoms with van der Waals surface area (Å²) < 4.78 is 13.1. The van der Waals surface area contributed by atoms with E-state index in [1.54, 1.807) is 14.2 Å². The van der Waals surface area contributed by atoms with Crippen LogP contribution in [0.4, 0.5) is 0 Å². The zero-order chi connectivity index (χ0) is 15.5. The monoisotopic (exact) mass is 297 g/mol. The number of nitrogens with zero attached hydrogens (tertiary/aromatic N) is 1. The van der Waals surface area contributed by atoms with E-state index in [2.05, 4.69) is 40.7 Å². The second kappa shape index (κ2) is 6.10. The molecule has 22 heavy (non-hydrogen) atoms. The summed E-state index contributed by atoms with van der Waals surface area (Å²) in [6.45, 7) is 3.15. The number of H-pyrrole nitrogens is 1. The minimum absolute atomic E-state index is 0.738. The first-order chi connectivity index (χ1) is 10.8. The van der Waals surface area contributed by atoms with Crippen LogP contribution < -0.4 is 14.0 Å². The molecule has 0 fully saturated rings. The van der Waals surface area contributed by atoms with Crippen LogP contribution in [0, 0.1) is 0 Å². The maximum atomic E-state index is 5.42. The molecule has 1 aromatic heterocycles. The second-order valence-electron chi connectivity index (χ2n) is 5.21. The lowest BCUT2D eigenvalue weighted by atomic mass is 10.2. The number of aryl methyl sites for hydroxylation is 1. The van der Waals surface area contributed by atoms with Crippen molar-refractivity contribution in [2.75, 3.05) is 14.2 Å². The lowest BCUT2D eigenvalue weighted by Gasteiger charge is -2.08. The highest BCUT2D eigenvalue weighted by molar-refractivity contribution is 5.75. The minimum Gasteiger partial charge on any atom is -0.493 e. The lowest BCUT2D eigenvalue weighted by molar-refractivity contribution is -0.660. The van der Waals surface area contributed by atoms with Crippen LogP contribution in [-0.2, 0) is 6.54 Å². The molecule has 4 heteroatoms. The highest BCUT2D eigenvalue weighted by atomic mass is 16.5. The number of ether oxygens (including phenoxy) is 2. The van der Waals surface area contributed by atoms with Crippen molar-refractivity contribution in [2.45, 2.75) is 19.9 Å². The van der Waals surface area contributed by atoms with Gasteiger partial charge in [-0.25, -0.2) is 9.55 Å². The fraction of sp³-hybridized carbons (Fsp3) is 0.278. The Morgan fingerprint density at radius 3 is 2.50 bits per heavy atom. The van der Waals surface area contributed by atoms with Crippen LogP contribution in [0.25, 0.3) is 22.4 Å². The van der Waals surface area contributed by atoms with Crippen molar-refractivity contribution in [2.24, 2.45) is 0 Å². The Labute approximate surface area is 130 Å². The summed E-state index contributed by atoms with van der Waals surface area (Å²) in [5.41, 5.74) is 3.44. The van der Waals surface area contributed by atoms with Crippen molar-refractivity contribution in [1.29, 1.82) is 0 Å². The summed E-state index contributed by atoms with van der Waals surface area (Å²) in [6.07, 6.45) is 1.08. The standard InChI is InChI=1S/C18H20N2O2/c1-4-11-20-15-8-6-5-7-14(15)19-18(20)13-9-10-16(21-2)17(12-13)22-3/h5-10,12H,4,11H2,1-3H3/p+1. The molecule has 0 radical (unpaired) electrons. The SMILES string of the molecule is CCC[n+]1c(-c2ccc(OC)c(OC)c2)[nH]c2ccccc21. The molecule has 1 heterocycles. The number of nitrogens with one attached hydrogen (secondary N) is 1. The van der Waals surface area contributed by atoms with Crippen LogP contribution >= 0.6 is 0 Å². The third-order valence-electron chi connectivity index (χ3n) is 3.82. The number of aromatic amines is 1. The van der Waals surface area contributed by atoms with Crippen LogP contribution in [0.2, 0.25) is 0 Å². The average Bonchev–Trinajstić information content (AvgIpc) is 2.93. The van der Waals surface area contributed by atoms with E-state index in [9.17, 15) is 0 Å². The molecule has 0 unspecified atom stereocenters. The van der Waals surface area contributed by atoms with E-state index in [4.69, 9.17) is 9.47 Å². The summed E-state index contributed by atoms with van der Waals surface area (Å²) in [7, 11) is 3.31. The number of para-hydroxylation sites is 2. The fourth-order valence-corrected chi connectivity index (χ4v) is 2.80. The Hall–Kier alpha value is -2.49. The number of aromatic nitrogens is 2. The Morgan fingerprint density at radius 1 is 1.00 bits per heavy atom. The Balaban J connectivity index is 2.19. The Morgan fingerprint density at radius 2 is 1.77 bits per heavy atom. The van der Waals surface area contributed by atoms with E-state index >= 15 is 0 Å². The normalized spacial score (nSPS) is 10.9. The van der Waals surface area contributed by atoms with Gasteiger partial charge >= 0.3 is 0 Å². The van der Waals surface area contributed by atoms with Gasteiger partial charge in [0.15, 0.2) is 22.5 Å². The maximum absolute atomic E-state index is 5.42. The van der Waals surface area contributed by atoms with Crippen molar-refractivity contribution < 1.29 is 14.0 Å². The minimum atomic E-state index is 0.738. The zero-order valence-electron chi connectivity index (χ0n) is 13.2. The molecule has 3 aromatic rings. The molecule has 0 amide bonds. The van der Waals surface area contributed by atoms with Gasteiger partial charge in [-0.2, -0.15) is 0 Å². The predicted molar refractivity (Wildman–Crippen MR) is 87.3 cm³/mol. The number of benzene rings is 2. The topological polar surface area (TPSA) is 38.1 Å². The molecule has 4 nitrogen and oxygen atoms in total. The third-order valence-corrected chi connectivity index (χ3v) is 3.82. The van der Waals surface area contributed by atoms with Crippen LogP contribution in [0.3, 0.4) is 0 Å². The van der Waals surface area contributed by atoms with E-state index in [-0.39, 0.29) is 0 Å². The molecular weight excluding hydrogens is 276 g/mol. The fourth-order valence-electron chi connectivity index (χ4n) is 2.80. The van der Waals surface area contributed by atoms with Gasteiger partial charge in [0.2, 0.25) is 0 Å². The summed E-state index contributed by atoms with van der Waals surface area (Å²) in [6, 6.07) is 14.4. The summed E-state index contributed by atoms with van der Waals surface area (Å²) >= 11 is 0. The molecule has 0 spiro atoms. The third kappa shape index (κ3) is 2.41. The van der Waals surface area contributed by atoms with Crippen LogP contribution in [0.5, 0.6) is 11.5 Å². The first kappa shape index (κ1) is 14.4. The summed E-state index contributed by atoms with van der Waals surface area (Å²) in [5.74, 6) is 2.56. The van der Waals surface area contributed by atoms with Gasteiger partial charge in [0.1, 0.15) is 0 Å². The van der Waals surface area contributed by atoms with Gasteiger partial charge in [-0.15, -0.1) is 0 Å². The van der Waals surface area contributed by atoms with Crippen molar-refractivity contribution >= 4 is 11.0 Å². The van der Waals surface area contributed by atoms with Crippen LogP contribution in [0.1, 0.15) is 13.3 Å². The van der Waals surface area contributed by atoms with E-state index in [1.807, 2.05) is 18.2 Å². The molecule has 2 aromatic carbocycles. The van der Waals surface area contributed by atoms with E-state index in [0.29, 0.717) is 0 Å². The smallest absolute Gasteiger partial charge is 0.287 e. The molecule has 0 aliphatic carbocycles. The van der Waals surface area contributed by atoms with Gasteiger partial charge in [-0.3, -0.25) is 0 Å². The number of fused-ring (bicyclic) bond motifs is 1. The van der Waals surface area contributed by atoms with Gasteiger partial charge < -0.3 is 9.47 Å². The van der Waals surface area contributed by atoms with Crippen molar-refractivity contribution in [1.82, 2.24) is 4.98 Å². The van der Waals surface area contributed by atoms with E-state index < -0.39 is 0 Å². The molecule has 0 bridgehead atoms. The molecule has 0 aliphatic rings. The zero-order valence-corrected chi connectivity index (χ0v) is 13.2. The summed E-state index contributed by atoms with van der Waals surface area (Å²) in [5, 5.41) is 0.